The topological polar surface area (TPSA) is 82.3 Å². The fourth-order valence-electron chi connectivity index (χ4n) is 1.35. The number of alkyl halides is 6. The Morgan fingerprint density at radius 3 is 2.10 bits per heavy atom. The highest BCUT2D eigenvalue weighted by molar-refractivity contribution is 8.13. The fourth-order valence-corrected chi connectivity index (χ4v) is 2.42. The molecule has 1 rings (SSSR count). The molecule has 1 aromatic rings. The number of ether oxygens (including phenoxy) is 1. The highest BCUT2D eigenvalue weighted by Crippen LogP contribution is 2.37. The maximum atomic E-state index is 12.8. The van der Waals surface area contributed by atoms with Gasteiger partial charge in [0.1, 0.15) is 0 Å². The highest BCUT2D eigenvalue weighted by Gasteiger charge is 2.39. The molecule has 5 nitrogen and oxygen atoms in total. The van der Waals surface area contributed by atoms with Gasteiger partial charge in [0.25, 0.3) is 9.05 Å². The molecular formula is C8H5ClF6N2O3S. The first kappa shape index (κ1) is 17.8. The van der Waals surface area contributed by atoms with Crippen LogP contribution in [0, 0.1) is 0 Å². The van der Waals surface area contributed by atoms with E-state index in [0.717, 1.165) is 0 Å². The summed E-state index contributed by atoms with van der Waals surface area (Å²) >= 11 is 0. The minimum Gasteiger partial charge on any atom is -0.388 e. The van der Waals surface area contributed by atoms with Gasteiger partial charge in [0, 0.05) is 28.9 Å². The summed E-state index contributed by atoms with van der Waals surface area (Å²) in [6, 6.07) is -0.110. The molecule has 0 radical (unpaired) electrons. The van der Waals surface area contributed by atoms with E-state index in [1.165, 1.54) is 0 Å². The Balaban J connectivity index is 3.67. The van der Waals surface area contributed by atoms with Gasteiger partial charge in [-0.15, -0.1) is 13.2 Å². The molecule has 13 heteroatoms. The summed E-state index contributed by atoms with van der Waals surface area (Å²) in [5.41, 5.74) is 2.20. The Labute approximate surface area is 118 Å². The first-order valence-corrected chi connectivity index (χ1v) is 7.08. The van der Waals surface area contributed by atoms with Gasteiger partial charge in [0.2, 0.25) is 5.88 Å². The lowest BCUT2D eigenvalue weighted by atomic mass is 10.1. The molecule has 0 atom stereocenters. The molecule has 0 saturated heterocycles. The predicted molar refractivity (Wildman–Crippen MR) is 56.9 cm³/mol. The summed E-state index contributed by atoms with van der Waals surface area (Å²) in [4.78, 5) is 2.83. The highest BCUT2D eigenvalue weighted by atomic mass is 35.7. The molecule has 1 heterocycles. The standard InChI is InChI=1S/C8H5ClF6N2O3S/c9-21(18,19)6-3(2-16)4(7(10,11)12)1-5(17-6)20-8(13,14)15/h1H,2,16H2. The molecular weight excluding hydrogens is 354 g/mol. The van der Waals surface area contributed by atoms with E-state index in [1.807, 2.05) is 0 Å². The molecule has 0 unspecified atom stereocenters. The zero-order valence-corrected chi connectivity index (χ0v) is 11.2. The average Bonchev–Trinajstić information content (AvgIpc) is 2.23. The van der Waals surface area contributed by atoms with E-state index in [4.69, 9.17) is 16.4 Å². The quantitative estimate of drug-likeness (QED) is 0.662. The number of rotatable bonds is 3. The molecule has 0 bridgehead atoms. The van der Waals surface area contributed by atoms with Crippen LogP contribution in [-0.4, -0.2) is 19.8 Å². The van der Waals surface area contributed by atoms with Crippen LogP contribution >= 0.6 is 10.7 Å². The molecule has 1 aromatic heterocycles. The average molecular weight is 359 g/mol. The third-order valence-corrected chi connectivity index (χ3v) is 3.26. The van der Waals surface area contributed by atoms with Crippen molar-refractivity contribution in [1.29, 1.82) is 0 Å². The van der Waals surface area contributed by atoms with Crippen LogP contribution in [-0.2, 0) is 21.8 Å². The molecule has 0 fully saturated rings. The monoisotopic (exact) mass is 358 g/mol. The van der Waals surface area contributed by atoms with Gasteiger partial charge in [0.05, 0.1) is 5.56 Å². The maximum Gasteiger partial charge on any atom is 0.574 e. The largest absolute Gasteiger partial charge is 0.574 e. The second-order valence-electron chi connectivity index (χ2n) is 3.48. The van der Waals surface area contributed by atoms with Crippen LogP contribution in [0.25, 0.3) is 0 Å². The van der Waals surface area contributed by atoms with Crippen LogP contribution in [0.5, 0.6) is 5.88 Å². The fraction of sp³-hybridized carbons (Fsp3) is 0.375. The van der Waals surface area contributed by atoms with Crippen LogP contribution in [0.2, 0.25) is 0 Å². The Morgan fingerprint density at radius 1 is 1.24 bits per heavy atom. The molecule has 0 aliphatic carbocycles. The summed E-state index contributed by atoms with van der Waals surface area (Å²) in [5.74, 6) is -1.62. The minimum atomic E-state index is -5.37. The van der Waals surface area contributed by atoms with Crippen molar-refractivity contribution in [3.63, 3.8) is 0 Å². The van der Waals surface area contributed by atoms with Crippen LogP contribution in [0.15, 0.2) is 11.1 Å². The van der Waals surface area contributed by atoms with Crippen LogP contribution in [0.1, 0.15) is 11.1 Å². The van der Waals surface area contributed by atoms with Crippen LogP contribution in [0.4, 0.5) is 26.3 Å². The van der Waals surface area contributed by atoms with Crippen molar-refractivity contribution in [3.8, 4) is 5.88 Å². The first-order valence-electron chi connectivity index (χ1n) is 4.77. The molecule has 2 N–H and O–H groups in total. The molecule has 0 spiro atoms. The van der Waals surface area contributed by atoms with E-state index in [-0.39, 0.29) is 6.07 Å². The van der Waals surface area contributed by atoms with Gasteiger partial charge in [-0.25, -0.2) is 8.42 Å². The van der Waals surface area contributed by atoms with Gasteiger partial charge in [-0.1, -0.05) is 0 Å². The third kappa shape index (κ3) is 4.61. The van der Waals surface area contributed by atoms with E-state index in [9.17, 15) is 34.8 Å². The summed E-state index contributed by atoms with van der Waals surface area (Å²) in [6.45, 7) is -0.963. The van der Waals surface area contributed by atoms with E-state index >= 15 is 0 Å². The van der Waals surface area contributed by atoms with Gasteiger partial charge >= 0.3 is 12.5 Å². The van der Waals surface area contributed by atoms with Crippen molar-refractivity contribution in [2.24, 2.45) is 5.73 Å². The molecule has 120 valence electrons. The number of nitrogens with two attached hydrogens (primary N) is 1. The zero-order valence-electron chi connectivity index (χ0n) is 9.59. The first-order chi connectivity index (χ1) is 9.25. The second kappa shape index (κ2) is 5.50. The lowest BCUT2D eigenvalue weighted by Crippen LogP contribution is -2.21. The van der Waals surface area contributed by atoms with Gasteiger partial charge in [0.15, 0.2) is 5.03 Å². The molecule has 0 aliphatic rings. The van der Waals surface area contributed by atoms with Crippen LogP contribution in [0.3, 0.4) is 0 Å². The molecule has 0 aliphatic heterocycles. The van der Waals surface area contributed by atoms with Crippen molar-refractivity contribution in [2.75, 3.05) is 0 Å². The Hall–Kier alpha value is -1.27. The van der Waals surface area contributed by atoms with Gasteiger partial charge in [-0.2, -0.15) is 18.2 Å². The number of hydrogen-bond acceptors (Lipinski definition) is 5. The second-order valence-corrected chi connectivity index (χ2v) is 5.96. The summed E-state index contributed by atoms with van der Waals surface area (Å²) < 4.78 is 99.9. The summed E-state index contributed by atoms with van der Waals surface area (Å²) in [5, 5.41) is -1.44. The SMILES string of the molecule is NCc1c(C(F)(F)F)cc(OC(F)(F)F)nc1S(=O)(=O)Cl. The van der Waals surface area contributed by atoms with E-state index < -0.39 is 50.2 Å². The van der Waals surface area contributed by atoms with Crippen molar-refractivity contribution in [2.45, 2.75) is 24.1 Å². The molecule has 21 heavy (non-hydrogen) atoms. The van der Waals surface area contributed by atoms with E-state index in [0.29, 0.717) is 0 Å². The van der Waals surface area contributed by atoms with Crippen molar-refractivity contribution >= 4 is 19.7 Å². The number of halogens is 7. The zero-order chi connectivity index (χ0) is 16.6. The maximum absolute atomic E-state index is 12.8. The van der Waals surface area contributed by atoms with Crippen molar-refractivity contribution in [1.82, 2.24) is 4.98 Å². The smallest absolute Gasteiger partial charge is 0.388 e. The number of hydrogen-bond donors (Lipinski definition) is 1. The Kier molecular flexibility index (Phi) is 4.65. The molecule has 0 saturated carbocycles. The lowest BCUT2D eigenvalue weighted by molar-refractivity contribution is -0.276. The van der Waals surface area contributed by atoms with Crippen molar-refractivity contribution < 1.29 is 39.5 Å². The summed E-state index contributed by atoms with van der Waals surface area (Å²) in [6.07, 6.45) is -10.6. The Morgan fingerprint density at radius 2 is 1.76 bits per heavy atom. The minimum absolute atomic E-state index is 0.110. The normalized spacial score (nSPS) is 13.3. The number of nitrogens with zero attached hydrogens (tertiary/aromatic N) is 1. The number of pyridine rings is 1. The van der Waals surface area contributed by atoms with Gasteiger partial charge in [-0.3, -0.25) is 0 Å². The van der Waals surface area contributed by atoms with Gasteiger partial charge in [-0.05, 0) is 0 Å². The lowest BCUT2D eigenvalue weighted by Gasteiger charge is -2.16. The number of aromatic nitrogens is 1. The van der Waals surface area contributed by atoms with E-state index in [1.54, 1.807) is 0 Å². The predicted octanol–water partition coefficient (Wildman–Crippen LogP) is 2.39. The third-order valence-electron chi connectivity index (χ3n) is 2.02. The Bertz CT molecular complexity index is 643. The van der Waals surface area contributed by atoms with Gasteiger partial charge < -0.3 is 10.5 Å². The van der Waals surface area contributed by atoms with Crippen molar-refractivity contribution in [3.05, 3.63) is 17.2 Å². The summed E-state index contributed by atoms with van der Waals surface area (Å²) in [7, 11) is -0.0149. The molecule has 0 aromatic carbocycles. The van der Waals surface area contributed by atoms with E-state index in [2.05, 4.69) is 9.72 Å². The molecule has 0 amide bonds. The van der Waals surface area contributed by atoms with Crippen LogP contribution < -0.4 is 10.5 Å².